The first-order valence-corrected chi connectivity index (χ1v) is 8.04. The molecular formula is C18H28N2. The van der Waals surface area contributed by atoms with Gasteiger partial charge in [-0.3, -0.25) is 4.90 Å². The first-order valence-electron chi connectivity index (χ1n) is 8.04. The molecule has 2 heteroatoms. The van der Waals surface area contributed by atoms with Crippen LogP contribution in [0.4, 0.5) is 0 Å². The molecule has 1 saturated heterocycles. The number of nitrogens with one attached hydrogen (secondary N) is 1. The second kappa shape index (κ2) is 5.16. The van der Waals surface area contributed by atoms with E-state index in [2.05, 4.69) is 56.1 Å². The van der Waals surface area contributed by atoms with Gasteiger partial charge in [0, 0.05) is 31.2 Å². The third-order valence-electron chi connectivity index (χ3n) is 5.48. The van der Waals surface area contributed by atoms with Crippen LogP contribution >= 0.6 is 0 Å². The third kappa shape index (κ3) is 2.51. The van der Waals surface area contributed by atoms with Crippen LogP contribution in [-0.4, -0.2) is 29.6 Å². The smallest absolute Gasteiger partial charge is 0.0338 e. The number of benzene rings is 1. The Morgan fingerprint density at radius 3 is 2.50 bits per heavy atom. The van der Waals surface area contributed by atoms with E-state index in [1.807, 2.05) is 0 Å². The number of rotatable bonds is 3. The van der Waals surface area contributed by atoms with Gasteiger partial charge in [0.2, 0.25) is 0 Å². The minimum atomic E-state index is 0.348. The lowest BCUT2D eigenvalue weighted by Crippen LogP contribution is -2.63. The summed E-state index contributed by atoms with van der Waals surface area (Å²) >= 11 is 0. The van der Waals surface area contributed by atoms with Crippen LogP contribution in [0.1, 0.15) is 43.4 Å². The molecular weight excluding hydrogens is 244 g/mol. The number of hydrogen-bond donors (Lipinski definition) is 1. The Morgan fingerprint density at radius 1 is 1.25 bits per heavy atom. The van der Waals surface area contributed by atoms with E-state index in [0.29, 0.717) is 11.6 Å². The lowest BCUT2D eigenvalue weighted by atomic mass is 9.88. The van der Waals surface area contributed by atoms with Gasteiger partial charge in [0.05, 0.1) is 0 Å². The molecule has 110 valence electrons. The topological polar surface area (TPSA) is 15.3 Å². The highest BCUT2D eigenvalue weighted by Crippen LogP contribution is 2.44. The van der Waals surface area contributed by atoms with Gasteiger partial charge in [-0.15, -0.1) is 0 Å². The van der Waals surface area contributed by atoms with Crippen molar-refractivity contribution < 1.29 is 0 Å². The molecule has 1 saturated carbocycles. The predicted molar refractivity (Wildman–Crippen MR) is 84.9 cm³/mol. The average molecular weight is 272 g/mol. The Morgan fingerprint density at radius 2 is 1.90 bits per heavy atom. The molecule has 2 nitrogen and oxygen atoms in total. The number of nitrogens with zero attached hydrogens (tertiary/aromatic N) is 1. The van der Waals surface area contributed by atoms with Gasteiger partial charge in [0.15, 0.2) is 0 Å². The molecule has 2 atom stereocenters. The van der Waals surface area contributed by atoms with Crippen molar-refractivity contribution in [3.05, 3.63) is 34.9 Å². The fraction of sp³-hybridized carbons (Fsp3) is 0.667. The largest absolute Gasteiger partial charge is 0.311 e. The summed E-state index contributed by atoms with van der Waals surface area (Å²) in [6, 6.07) is 7.28. The van der Waals surface area contributed by atoms with Crippen LogP contribution in [0.15, 0.2) is 18.2 Å². The van der Waals surface area contributed by atoms with Gasteiger partial charge >= 0.3 is 0 Å². The molecule has 1 aliphatic carbocycles. The summed E-state index contributed by atoms with van der Waals surface area (Å²) in [6.45, 7) is 12.7. The molecule has 1 aliphatic heterocycles. The van der Waals surface area contributed by atoms with Crippen molar-refractivity contribution >= 4 is 0 Å². The lowest BCUT2D eigenvalue weighted by molar-refractivity contribution is 0.0309. The summed E-state index contributed by atoms with van der Waals surface area (Å²) in [5.41, 5.74) is 4.76. The van der Waals surface area contributed by atoms with Crippen molar-refractivity contribution in [2.45, 2.75) is 58.7 Å². The molecule has 0 amide bonds. The highest BCUT2D eigenvalue weighted by molar-refractivity contribution is 5.33. The molecule has 2 unspecified atom stereocenters. The molecule has 0 spiro atoms. The molecule has 2 aliphatic rings. The Bertz CT molecular complexity index is 472. The normalized spacial score (nSPS) is 31.5. The summed E-state index contributed by atoms with van der Waals surface area (Å²) in [6.07, 6.45) is 2.83. The maximum Gasteiger partial charge on any atom is 0.0338 e. The second-order valence-electron chi connectivity index (χ2n) is 7.16. The number of aryl methyl sites for hydroxylation is 2. The van der Waals surface area contributed by atoms with Gasteiger partial charge in [-0.1, -0.05) is 18.2 Å². The monoisotopic (exact) mass is 272 g/mol. The highest BCUT2D eigenvalue weighted by atomic mass is 15.3. The van der Waals surface area contributed by atoms with Crippen molar-refractivity contribution in [1.29, 1.82) is 0 Å². The van der Waals surface area contributed by atoms with Crippen LogP contribution in [0.2, 0.25) is 0 Å². The van der Waals surface area contributed by atoms with E-state index < -0.39 is 0 Å². The molecule has 1 heterocycles. The van der Waals surface area contributed by atoms with Crippen molar-refractivity contribution in [3.63, 3.8) is 0 Å². The first-order chi connectivity index (χ1) is 9.50. The summed E-state index contributed by atoms with van der Waals surface area (Å²) in [7, 11) is 0. The lowest BCUT2D eigenvalue weighted by Gasteiger charge is -2.48. The maximum atomic E-state index is 3.70. The van der Waals surface area contributed by atoms with Gasteiger partial charge in [-0.25, -0.2) is 0 Å². The van der Waals surface area contributed by atoms with E-state index in [-0.39, 0.29) is 0 Å². The minimum absolute atomic E-state index is 0.348. The number of piperazine rings is 1. The summed E-state index contributed by atoms with van der Waals surface area (Å²) < 4.78 is 0. The molecule has 1 N–H and O–H groups in total. The van der Waals surface area contributed by atoms with E-state index in [1.165, 1.54) is 36.1 Å². The molecule has 20 heavy (non-hydrogen) atoms. The Labute approximate surface area is 123 Å². The molecule has 1 aromatic carbocycles. The van der Waals surface area contributed by atoms with E-state index >= 15 is 0 Å². The Balaban J connectivity index is 1.86. The van der Waals surface area contributed by atoms with E-state index in [4.69, 9.17) is 0 Å². The molecule has 0 bridgehead atoms. The van der Waals surface area contributed by atoms with Crippen molar-refractivity contribution in [2.75, 3.05) is 13.1 Å². The third-order valence-corrected chi connectivity index (χ3v) is 5.48. The van der Waals surface area contributed by atoms with Gasteiger partial charge in [0.25, 0.3) is 0 Å². The average Bonchev–Trinajstić information content (AvgIpc) is 3.23. The maximum absolute atomic E-state index is 3.70. The first kappa shape index (κ1) is 14.1. The quantitative estimate of drug-likeness (QED) is 0.908. The summed E-state index contributed by atoms with van der Waals surface area (Å²) in [5.74, 6) is 0.895. The zero-order valence-corrected chi connectivity index (χ0v) is 13.4. The Kier molecular flexibility index (Phi) is 3.64. The van der Waals surface area contributed by atoms with E-state index in [0.717, 1.165) is 19.0 Å². The van der Waals surface area contributed by atoms with Crippen LogP contribution < -0.4 is 5.32 Å². The molecule has 0 radical (unpaired) electrons. The van der Waals surface area contributed by atoms with Crippen LogP contribution in [0.25, 0.3) is 0 Å². The van der Waals surface area contributed by atoms with Crippen molar-refractivity contribution in [1.82, 2.24) is 10.2 Å². The zero-order chi connectivity index (χ0) is 14.3. The fourth-order valence-electron chi connectivity index (χ4n) is 3.74. The van der Waals surface area contributed by atoms with E-state index in [9.17, 15) is 0 Å². The molecule has 1 aromatic rings. The van der Waals surface area contributed by atoms with Crippen molar-refractivity contribution in [3.8, 4) is 0 Å². The van der Waals surface area contributed by atoms with Crippen LogP contribution in [0.5, 0.6) is 0 Å². The number of hydrogen-bond acceptors (Lipinski definition) is 2. The molecule has 3 rings (SSSR count). The summed E-state index contributed by atoms with van der Waals surface area (Å²) in [4.78, 5) is 2.75. The van der Waals surface area contributed by atoms with Gasteiger partial charge in [-0.05, 0) is 63.1 Å². The van der Waals surface area contributed by atoms with Crippen molar-refractivity contribution in [2.24, 2.45) is 5.92 Å². The Hall–Kier alpha value is -0.860. The van der Waals surface area contributed by atoms with E-state index in [1.54, 1.807) is 0 Å². The predicted octanol–water partition coefficient (Wildman–Crippen LogP) is 3.27. The second-order valence-corrected chi connectivity index (χ2v) is 7.16. The summed E-state index contributed by atoms with van der Waals surface area (Å²) in [5, 5.41) is 3.70. The van der Waals surface area contributed by atoms with Gasteiger partial charge < -0.3 is 5.32 Å². The minimum Gasteiger partial charge on any atom is -0.311 e. The van der Waals surface area contributed by atoms with Crippen LogP contribution in [-0.2, 0) is 6.54 Å². The van der Waals surface area contributed by atoms with Crippen LogP contribution in [0, 0.1) is 19.8 Å². The zero-order valence-electron chi connectivity index (χ0n) is 13.4. The molecule has 0 aromatic heterocycles. The standard InChI is InChI=1S/C18H28N2/c1-13-6-5-7-14(2)17(13)11-20-10-15(3)19-12-18(20,4)16-8-9-16/h5-7,15-16,19H,8-12H2,1-4H3. The SMILES string of the molecule is Cc1cccc(C)c1CN1CC(C)NCC1(C)C1CC1. The fourth-order valence-corrected chi connectivity index (χ4v) is 3.74. The molecule has 2 fully saturated rings. The highest BCUT2D eigenvalue weighted by Gasteiger charge is 2.47. The van der Waals surface area contributed by atoms with Gasteiger partial charge in [-0.2, -0.15) is 0 Å². The van der Waals surface area contributed by atoms with Gasteiger partial charge in [0.1, 0.15) is 0 Å². The van der Waals surface area contributed by atoms with Crippen LogP contribution in [0.3, 0.4) is 0 Å².